The van der Waals surface area contributed by atoms with Gasteiger partial charge < -0.3 is 25.8 Å². The van der Waals surface area contributed by atoms with Gasteiger partial charge in [0.25, 0.3) is 0 Å². The zero-order valence-corrected chi connectivity index (χ0v) is 16.7. The number of aliphatic hydroxyl groups is 1. The van der Waals surface area contributed by atoms with Crippen LogP contribution in [0.5, 0.6) is 5.75 Å². The number of anilines is 4. The Kier molecular flexibility index (Phi) is 5.86. The lowest BCUT2D eigenvalue weighted by atomic mass is 10.1. The van der Waals surface area contributed by atoms with Crippen molar-refractivity contribution in [3.63, 3.8) is 0 Å². The maximum Gasteiger partial charge on any atom is 0.144 e. The lowest BCUT2D eigenvalue weighted by molar-refractivity contribution is 0.281. The number of hydrogen-bond acceptors (Lipinski definition) is 5. The van der Waals surface area contributed by atoms with Gasteiger partial charge in [0.2, 0.25) is 0 Å². The molecule has 0 spiro atoms. The molecular weight excluding hydrogens is 362 g/mol. The largest absolute Gasteiger partial charge is 0.491 e. The van der Waals surface area contributed by atoms with E-state index >= 15 is 0 Å². The Bertz CT molecular complexity index is 988. The number of benzene rings is 3. The lowest BCUT2D eigenvalue weighted by Gasteiger charge is -2.15. The Morgan fingerprint density at radius 1 is 1.00 bits per heavy atom. The Morgan fingerprint density at radius 3 is 2.69 bits per heavy atom. The van der Waals surface area contributed by atoms with Crippen molar-refractivity contribution in [1.29, 1.82) is 0 Å². The fourth-order valence-corrected chi connectivity index (χ4v) is 3.62. The molecule has 1 aliphatic heterocycles. The molecule has 4 rings (SSSR count). The van der Waals surface area contributed by atoms with Crippen LogP contribution in [0.25, 0.3) is 0 Å². The SMILES string of the molecule is CNc1ccc(Nc2ccc3c(c2)NCC3)cc1OCCc1cccc(CO)c1. The molecule has 3 aromatic rings. The first-order valence-electron chi connectivity index (χ1n) is 10.0. The van der Waals surface area contributed by atoms with E-state index in [1.807, 2.05) is 43.4 Å². The van der Waals surface area contributed by atoms with Crippen LogP contribution in [0.15, 0.2) is 60.7 Å². The lowest BCUT2D eigenvalue weighted by Crippen LogP contribution is -2.04. The Morgan fingerprint density at radius 2 is 1.83 bits per heavy atom. The van der Waals surface area contributed by atoms with Crippen LogP contribution < -0.4 is 20.7 Å². The molecule has 0 fully saturated rings. The minimum Gasteiger partial charge on any atom is -0.491 e. The number of ether oxygens (including phenoxy) is 1. The average molecular weight is 389 g/mol. The van der Waals surface area contributed by atoms with Gasteiger partial charge >= 0.3 is 0 Å². The zero-order valence-electron chi connectivity index (χ0n) is 16.7. The summed E-state index contributed by atoms with van der Waals surface area (Å²) in [6.45, 7) is 1.63. The topological polar surface area (TPSA) is 65.5 Å². The average Bonchev–Trinajstić information content (AvgIpc) is 3.22. The first-order valence-corrected chi connectivity index (χ1v) is 10.0. The van der Waals surface area contributed by atoms with Crippen LogP contribution in [0.1, 0.15) is 16.7 Å². The smallest absolute Gasteiger partial charge is 0.144 e. The van der Waals surface area contributed by atoms with Gasteiger partial charge in [0.1, 0.15) is 5.75 Å². The highest BCUT2D eigenvalue weighted by Crippen LogP contribution is 2.32. The highest BCUT2D eigenvalue weighted by Gasteiger charge is 2.11. The maximum absolute atomic E-state index is 9.29. The van der Waals surface area contributed by atoms with Gasteiger partial charge in [-0.3, -0.25) is 0 Å². The van der Waals surface area contributed by atoms with Crippen LogP contribution in [0, 0.1) is 0 Å². The normalized spacial score (nSPS) is 12.2. The van der Waals surface area contributed by atoms with Crippen molar-refractivity contribution in [3.8, 4) is 5.75 Å². The quantitative estimate of drug-likeness (QED) is 0.455. The van der Waals surface area contributed by atoms with Gasteiger partial charge in [-0.1, -0.05) is 30.3 Å². The number of rotatable bonds is 8. The molecule has 29 heavy (non-hydrogen) atoms. The van der Waals surface area contributed by atoms with E-state index < -0.39 is 0 Å². The van der Waals surface area contributed by atoms with Crippen LogP contribution in [-0.2, 0) is 19.4 Å². The van der Waals surface area contributed by atoms with E-state index in [9.17, 15) is 5.11 Å². The summed E-state index contributed by atoms with van der Waals surface area (Å²) in [6, 6.07) is 20.5. The molecule has 5 nitrogen and oxygen atoms in total. The highest BCUT2D eigenvalue weighted by atomic mass is 16.5. The van der Waals surface area contributed by atoms with E-state index in [0.29, 0.717) is 6.61 Å². The summed E-state index contributed by atoms with van der Waals surface area (Å²) in [6.07, 6.45) is 1.87. The summed E-state index contributed by atoms with van der Waals surface area (Å²) in [4.78, 5) is 0. The molecule has 0 radical (unpaired) electrons. The van der Waals surface area contributed by atoms with Crippen LogP contribution in [0.2, 0.25) is 0 Å². The summed E-state index contributed by atoms with van der Waals surface area (Å²) in [5.74, 6) is 0.815. The van der Waals surface area contributed by atoms with Gasteiger partial charge in [0.15, 0.2) is 0 Å². The van der Waals surface area contributed by atoms with Crippen molar-refractivity contribution in [3.05, 3.63) is 77.4 Å². The summed E-state index contributed by atoms with van der Waals surface area (Å²) >= 11 is 0. The molecular formula is C24H27N3O2. The summed E-state index contributed by atoms with van der Waals surface area (Å²) in [7, 11) is 1.90. The minimum absolute atomic E-state index is 0.0600. The number of nitrogens with one attached hydrogen (secondary N) is 3. The molecule has 5 heteroatoms. The molecule has 1 aliphatic rings. The molecule has 4 N–H and O–H groups in total. The highest BCUT2D eigenvalue weighted by molar-refractivity contribution is 5.71. The second-order valence-electron chi connectivity index (χ2n) is 7.21. The zero-order chi connectivity index (χ0) is 20.1. The van der Waals surface area contributed by atoms with E-state index in [2.05, 4.69) is 40.2 Å². The number of aliphatic hydroxyl groups excluding tert-OH is 1. The second kappa shape index (κ2) is 8.88. The van der Waals surface area contributed by atoms with Crippen molar-refractivity contribution in [1.82, 2.24) is 0 Å². The molecule has 0 bridgehead atoms. The van der Waals surface area contributed by atoms with Gasteiger partial charge in [-0.15, -0.1) is 0 Å². The van der Waals surface area contributed by atoms with Crippen LogP contribution >= 0.6 is 0 Å². The molecule has 0 saturated heterocycles. The molecule has 0 saturated carbocycles. The minimum atomic E-state index is 0.0600. The van der Waals surface area contributed by atoms with Gasteiger partial charge in [0.05, 0.1) is 18.9 Å². The van der Waals surface area contributed by atoms with Crippen molar-refractivity contribution in [2.45, 2.75) is 19.4 Å². The molecule has 150 valence electrons. The number of fused-ring (bicyclic) bond motifs is 1. The van der Waals surface area contributed by atoms with Gasteiger partial charge in [-0.05, 0) is 47.4 Å². The van der Waals surface area contributed by atoms with Crippen molar-refractivity contribution in [2.75, 3.05) is 36.1 Å². The fourth-order valence-electron chi connectivity index (χ4n) is 3.62. The van der Waals surface area contributed by atoms with Crippen molar-refractivity contribution in [2.24, 2.45) is 0 Å². The van der Waals surface area contributed by atoms with Gasteiger partial charge in [0, 0.05) is 43.1 Å². The Hall–Kier alpha value is -3.18. The monoisotopic (exact) mass is 389 g/mol. The summed E-state index contributed by atoms with van der Waals surface area (Å²) in [5.41, 5.74) is 7.66. The third-order valence-corrected chi connectivity index (χ3v) is 5.18. The Labute approximate surface area is 171 Å². The molecule has 0 aromatic heterocycles. The molecule has 0 atom stereocenters. The van der Waals surface area contributed by atoms with Crippen molar-refractivity contribution >= 4 is 22.7 Å². The second-order valence-corrected chi connectivity index (χ2v) is 7.21. The van der Waals surface area contributed by atoms with E-state index in [4.69, 9.17) is 4.74 Å². The first-order chi connectivity index (χ1) is 14.2. The molecule has 3 aromatic carbocycles. The molecule has 0 unspecified atom stereocenters. The molecule has 0 amide bonds. The summed E-state index contributed by atoms with van der Waals surface area (Å²) in [5, 5.41) is 19.4. The van der Waals surface area contributed by atoms with Crippen LogP contribution in [0.4, 0.5) is 22.7 Å². The van der Waals surface area contributed by atoms with Crippen LogP contribution in [0.3, 0.4) is 0 Å². The van der Waals surface area contributed by atoms with Gasteiger partial charge in [-0.25, -0.2) is 0 Å². The van der Waals surface area contributed by atoms with Crippen molar-refractivity contribution < 1.29 is 9.84 Å². The predicted molar refractivity (Wildman–Crippen MR) is 119 cm³/mol. The third kappa shape index (κ3) is 4.63. The fraction of sp³-hybridized carbons (Fsp3) is 0.250. The first kappa shape index (κ1) is 19.2. The third-order valence-electron chi connectivity index (χ3n) is 5.18. The molecule has 1 heterocycles. The van der Waals surface area contributed by atoms with E-state index in [1.165, 1.54) is 11.3 Å². The molecule has 0 aliphatic carbocycles. The van der Waals surface area contributed by atoms with E-state index in [1.54, 1.807) is 0 Å². The van der Waals surface area contributed by atoms with Crippen LogP contribution in [-0.4, -0.2) is 25.3 Å². The van der Waals surface area contributed by atoms with E-state index in [-0.39, 0.29) is 6.61 Å². The number of hydrogen-bond donors (Lipinski definition) is 4. The van der Waals surface area contributed by atoms with E-state index in [0.717, 1.165) is 53.3 Å². The maximum atomic E-state index is 9.29. The van der Waals surface area contributed by atoms with Gasteiger partial charge in [-0.2, -0.15) is 0 Å². The standard InChI is InChI=1S/C24H27N3O2/c1-25-22-8-7-21(27-20-6-5-19-9-11-26-23(19)14-20)15-24(22)29-12-10-17-3-2-4-18(13-17)16-28/h2-8,13-15,25-28H,9-12,16H2,1H3. The summed E-state index contributed by atoms with van der Waals surface area (Å²) < 4.78 is 6.08. The predicted octanol–water partition coefficient (Wildman–Crippen LogP) is 4.55. The Balaban J connectivity index is 1.43.